The molecule has 0 fully saturated rings. The van der Waals surface area contributed by atoms with E-state index in [1.54, 1.807) is 0 Å². The van der Waals surface area contributed by atoms with Gasteiger partial charge in [0, 0.05) is 10.8 Å². The molecule has 4 N–H and O–H groups in total. The third-order valence-corrected chi connectivity index (χ3v) is 4.75. The molecule has 0 amide bonds. The van der Waals surface area contributed by atoms with Crippen LogP contribution in [0.15, 0.2) is 70.5 Å². The van der Waals surface area contributed by atoms with Gasteiger partial charge in [0.2, 0.25) is 0 Å². The van der Waals surface area contributed by atoms with E-state index in [0.717, 1.165) is 31.6 Å². The summed E-state index contributed by atoms with van der Waals surface area (Å²) in [4.78, 5) is 10.7. The summed E-state index contributed by atoms with van der Waals surface area (Å²) in [5.74, 6) is 1.00. The van der Waals surface area contributed by atoms with Crippen molar-refractivity contribution >= 4 is 45.2 Å². The van der Waals surface area contributed by atoms with E-state index in [-0.39, 0.29) is 0 Å². The molecule has 0 radical (unpaired) electrons. The first-order valence-electron chi connectivity index (χ1n) is 7.19. The van der Waals surface area contributed by atoms with E-state index >= 15 is 0 Å². The summed E-state index contributed by atoms with van der Waals surface area (Å²) in [6, 6.07) is 19.9. The van der Waals surface area contributed by atoms with E-state index in [4.69, 9.17) is 11.5 Å². The number of rotatable bonds is 2. The van der Waals surface area contributed by atoms with Crippen LogP contribution in [-0.2, 0) is 0 Å². The van der Waals surface area contributed by atoms with Gasteiger partial charge < -0.3 is 11.5 Å². The first kappa shape index (κ1) is 13.8. The highest BCUT2D eigenvalue weighted by Gasteiger charge is 2.10. The van der Waals surface area contributed by atoms with Gasteiger partial charge in [-0.05, 0) is 24.3 Å². The smallest absolute Gasteiger partial charge is 0.138 e. The molecule has 0 unspecified atom stereocenters. The van der Waals surface area contributed by atoms with Crippen molar-refractivity contribution in [3.63, 3.8) is 0 Å². The highest BCUT2D eigenvalue weighted by Crippen LogP contribution is 2.37. The molecule has 0 saturated carbocycles. The second kappa shape index (κ2) is 5.44. The standard InChI is InChI=1S/C18H14N4S/c19-17-15(9-11-5-1-3-7-13(11)21-17)23-16-10-12-6-2-4-8-14(12)22-18(16)20/h1-10H,(H2,19,21)(H2,20,22). The summed E-state index contributed by atoms with van der Waals surface area (Å²) in [6.07, 6.45) is 0. The number of hydrogen-bond donors (Lipinski definition) is 2. The third-order valence-electron chi connectivity index (χ3n) is 3.65. The fourth-order valence-electron chi connectivity index (χ4n) is 2.50. The molecule has 0 aliphatic rings. The Hall–Kier alpha value is -2.79. The van der Waals surface area contributed by atoms with Crippen molar-refractivity contribution in [1.82, 2.24) is 9.97 Å². The van der Waals surface area contributed by atoms with Gasteiger partial charge in [-0.2, -0.15) is 0 Å². The van der Waals surface area contributed by atoms with Gasteiger partial charge in [-0.1, -0.05) is 48.2 Å². The zero-order chi connectivity index (χ0) is 15.8. The predicted molar refractivity (Wildman–Crippen MR) is 96.4 cm³/mol. The Balaban J connectivity index is 1.81. The van der Waals surface area contributed by atoms with Gasteiger partial charge in [-0.3, -0.25) is 0 Å². The predicted octanol–water partition coefficient (Wildman–Crippen LogP) is 4.10. The van der Waals surface area contributed by atoms with Crippen LogP contribution < -0.4 is 11.5 Å². The summed E-state index contributed by atoms with van der Waals surface area (Å²) in [6.45, 7) is 0. The normalized spacial score (nSPS) is 11.1. The van der Waals surface area contributed by atoms with Crippen LogP contribution in [0.5, 0.6) is 0 Å². The molecular weight excluding hydrogens is 304 g/mol. The molecule has 5 heteroatoms. The lowest BCUT2D eigenvalue weighted by molar-refractivity contribution is 1.29. The second-order valence-electron chi connectivity index (χ2n) is 5.23. The van der Waals surface area contributed by atoms with Crippen LogP contribution in [0, 0.1) is 0 Å². The Morgan fingerprint density at radius 2 is 1.09 bits per heavy atom. The lowest BCUT2D eigenvalue weighted by atomic mass is 10.2. The van der Waals surface area contributed by atoms with E-state index in [1.165, 1.54) is 11.8 Å². The highest BCUT2D eigenvalue weighted by molar-refractivity contribution is 7.99. The van der Waals surface area contributed by atoms with E-state index < -0.39 is 0 Å². The van der Waals surface area contributed by atoms with Gasteiger partial charge in [0.1, 0.15) is 11.6 Å². The van der Waals surface area contributed by atoms with Crippen LogP contribution in [0.2, 0.25) is 0 Å². The SMILES string of the molecule is Nc1nc2ccccc2cc1Sc1cc2ccccc2nc1N. The molecule has 0 spiro atoms. The molecule has 0 aliphatic heterocycles. The topological polar surface area (TPSA) is 77.8 Å². The molecule has 2 aromatic carbocycles. The second-order valence-corrected chi connectivity index (χ2v) is 6.31. The first-order valence-corrected chi connectivity index (χ1v) is 8.01. The van der Waals surface area contributed by atoms with Crippen molar-refractivity contribution in [2.24, 2.45) is 0 Å². The molecule has 23 heavy (non-hydrogen) atoms. The minimum Gasteiger partial charge on any atom is -0.383 e. The summed E-state index contributed by atoms with van der Waals surface area (Å²) in [7, 11) is 0. The van der Waals surface area contributed by atoms with Crippen molar-refractivity contribution in [3.05, 3.63) is 60.7 Å². The molecule has 0 bridgehead atoms. The van der Waals surface area contributed by atoms with Crippen molar-refractivity contribution in [3.8, 4) is 0 Å². The highest BCUT2D eigenvalue weighted by atomic mass is 32.2. The van der Waals surface area contributed by atoms with Gasteiger partial charge in [0.05, 0.1) is 20.8 Å². The number of nitrogens with zero attached hydrogens (tertiary/aromatic N) is 2. The molecule has 2 heterocycles. The van der Waals surface area contributed by atoms with Crippen LogP contribution in [0.25, 0.3) is 21.8 Å². The third kappa shape index (κ3) is 2.55. The number of benzene rings is 2. The summed E-state index contributed by atoms with van der Waals surface area (Å²) >= 11 is 1.50. The number of fused-ring (bicyclic) bond motifs is 2. The first-order chi connectivity index (χ1) is 11.2. The minimum absolute atomic E-state index is 0.501. The molecule has 2 aromatic heterocycles. The molecular formula is C18H14N4S. The molecule has 0 atom stereocenters. The van der Waals surface area contributed by atoms with Gasteiger partial charge in [-0.25, -0.2) is 9.97 Å². The number of nitrogens with two attached hydrogens (primary N) is 2. The zero-order valence-electron chi connectivity index (χ0n) is 12.2. The quantitative estimate of drug-likeness (QED) is 0.582. The largest absolute Gasteiger partial charge is 0.383 e. The van der Waals surface area contributed by atoms with Crippen molar-refractivity contribution in [2.45, 2.75) is 9.79 Å². The summed E-state index contributed by atoms with van der Waals surface area (Å²) in [5, 5.41) is 2.10. The fourth-order valence-corrected chi connectivity index (χ4v) is 3.41. The number of aromatic nitrogens is 2. The Morgan fingerprint density at radius 1 is 0.652 bits per heavy atom. The lowest BCUT2D eigenvalue weighted by Gasteiger charge is -2.09. The average Bonchev–Trinajstić information content (AvgIpc) is 2.56. The van der Waals surface area contributed by atoms with Crippen molar-refractivity contribution < 1.29 is 0 Å². The maximum atomic E-state index is 6.10. The maximum absolute atomic E-state index is 6.10. The van der Waals surface area contributed by atoms with Gasteiger partial charge in [0.15, 0.2) is 0 Å². The maximum Gasteiger partial charge on any atom is 0.138 e. The number of nitrogen functional groups attached to an aromatic ring is 2. The van der Waals surface area contributed by atoms with Crippen LogP contribution in [0.3, 0.4) is 0 Å². The number of pyridine rings is 2. The van der Waals surface area contributed by atoms with E-state index in [1.807, 2.05) is 60.7 Å². The molecule has 112 valence electrons. The summed E-state index contributed by atoms with van der Waals surface area (Å²) < 4.78 is 0. The fraction of sp³-hybridized carbons (Fsp3) is 0. The van der Waals surface area contributed by atoms with E-state index in [2.05, 4.69) is 9.97 Å². The molecule has 4 nitrogen and oxygen atoms in total. The van der Waals surface area contributed by atoms with Crippen LogP contribution in [0.1, 0.15) is 0 Å². The Kier molecular flexibility index (Phi) is 3.28. The van der Waals surface area contributed by atoms with Gasteiger partial charge >= 0.3 is 0 Å². The van der Waals surface area contributed by atoms with Crippen molar-refractivity contribution in [1.29, 1.82) is 0 Å². The number of anilines is 2. The number of para-hydroxylation sites is 2. The van der Waals surface area contributed by atoms with Gasteiger partial charge in [0.25, 0.3) is 0 Å². The van der Waals surface area contributed by atoms with Crippen molar-refractivity contribution in [2.75, 3.05) is 11.5 Å². The molecule has 4 aromatic rings. The minimum atomic E-state index is 0.501. The zero-order valence-corrected chi connectivity index (χ0v) is 13.0. The van der Waals surface area contributed by atoms with Crippen LogP contribution in [-0.4, -0.2) is 9.97 Å². The lowest BCUT2D eigenvalue weighted by Crippen LogP contribution is -1.96. The molecule has 4 rings (SSSR count). The Labute approximate surface area is 137 Å². The molecule has 0 saturated heterocycles. The monoisotopic (exact) mass is 318 g/mol. The van der Waals surface area contributed by atoms with E-state index in [9.17, 15) is 0 Å². The summed E-state index contributed by atoms with van der Waals surface area (Å²) in [5.41, 5.74) is 14.0. The van der Waals surface area contributed by atoms with E-state index in [0.29, 0.717) is 11.6 Å². The van der Waals surface area contributed by atoms with Crippen LogP contribution >= 0.6 is 11.8 Å². The Bertz CT molecular complexity index is 947. The molecule has 0 aliphatic carbocycles. The van der Waals surface area contributed by atoms with Crippen LogP contribution in [0.4, 0.5) is 11.6 Å². The van der Waals surface area contributed by atoms with Gasteiger partial charge in [-0.15, -0.1) is 0 Å². The average molecular weight is 318 g/mol. The number of hydrogen-bond acceptors (Lipinski definition) is 5. The Morgan fingerprint density at radius 3 is 1.57 bits per heavy atom.